The molecule has 2 heterocycles. The van der Waals surface area contributed by atoms with Crippen molar-refractivity contribution in [2.24, 2.45) is 5.92 Å². The van der Waals surface area contributed by atoms with Gasteiger partial charge >= 0.3 is 12.0 Å². The maximum Gasteiger partial charge on any atom is 0.326 e. The van der Waals surface area contributed by atoms with Gasteiger partial charge in [0.05, 0.1) is 17.2 Å². The summed E-state index contributed by atoms with van der Waals surface area (Å²) in [7, 11) is 0. The molecule has 6 nitrogen and oxygen atoms in total. The molecule has 0 spiro atoms. The lowest BCUT2D eigenvalue weighted by Gasteiger charge is -2.27. The normalized spacial score (nSPS) is 17.1. The molecule has 0 aliphatic carbocycles. The van der Waals surface area contributed by atoms with Gasteiger partial charge in [0.1, 0.15) is 6.04 Å². The molecule has 0 saturated carbocycles. The van der Waals surface area contributed by atoms with Crippen molar-refractivity contribution in [2.45, 2.75) is 33.4 Å². The lowest BCUT2D eigenvalue weighted by atomic mass is 10.0. The summed E-state index contributed by atoms with van der Waals surface area (Å²) in [5, 5.41) is 12.2. The number of aromatic nitrogens is 1. The monoisotopic (exact) mass is 297 g/mol. The van der Waals surface area contributed by atoms with Crippen molar-refractivity contribution >= 4 is 23.3 Å². The molecule has 1 saturated heterocycles. The van der Waals surface area contributed by atoms with Crippen molar-refractivity contribution in [1.82, 2.24) is 14.8 Å². The zero-order chi connectivity index (χ0) is 14.9. The summed E-state index contributed by atoms with van der Waals surface area (Å²) >= 11 is 1.55. The van der Waals surface area contributed by atoms with Gasteiger partial charge in [0, 0.05) is 18.5 Å². The Hall–Kier alpha value is -1.63. The highest BCUT2D eigenvalue weighted by atomic mass is 32.1. The number of thiazole rings is 1. The second-order valence-electron chi connectivity index (χ2n) is 5.28. The van der Waals surface area contributed by atoms with E-state index in [1.165, 1.54) is 4.90 Å². The van der Waals surface area contributed by atoms with Gasteiger partial charge in [-0.15, -0.1) is 11.3 Å². The summed E-state index contributed by atoms with van der Waals surface area (Å²) in [5.41, 5.74) is 0.860. The van der Waals surface area contributed by atoms with Crippen molar-refractivity contribution in [2.75, 3.05) is 13.1 Å². The van der Waals surface area contributed by atoms with E-state index in [1.807, 2.05) is 26.2 Å². The second-order valence-corrected chi connectivity index (χ2v) is 6.34. The fourth-order valence-corrected chi connectivity index (χ4v) is 3.06. The summed E-state index contributed by atoms with van der Waals surface area (Å²) in [5.74, 6) is -1.06. The molecular formula is C13H19N3O3S. The molecule has 1 unspecified atom stereocenters. The first kappa shape index (κ1) is 14.8. The number of hydrogen-bond acceptors (Lipinski definition) is 4. The number of aliphatic carboxylic acids is 1. The second kappa shape index (κ2) is 5.78. The molecule has 20 heavy (non-hydrogen) atoms. The number of aryl methyl sites for hydroxylation is 1. The lowest BCUT2D eigenvalue weighted by molar-refractivity contribution is -0.143. The zero-order valence-corrected chi connectivity index (χ0v) is 12.7. The van der Waals surface area contributed by atoms with Crippen LogP contribution in [0.25, 0.3) is 0 Å². The number of carboxylic acids is 1. The number of amides is 2. The lowest BCUT2D eigenvalue weighted by Crippen LogP contribution is -2.46. The largest absolute Gasteiger partial charge is 0.480 e. The van der Waals surface area contributed by atoms with Crippen molar-refractivity contribution in [1.29, 1.82) is 0 Å². The first-order valence-corrected chi connectivity index (χ1v) is 7.47. The Labute approximate surface area is 122 Å². The van der Waals surface area contributed by atoms with Gasteiger partial charge in [0.25, 0.3) is 0 Å². The Morgan fingerprint density at radius 2 is 2.20 bits per heavy atom. The predicted molar refractivity (Wildman–Crippen MR) is 75.6 cm³/mol. The van der Waals surface area contributed by atoms with E-state index in [0.29, 0.717) is 19.6 Å². The molecule has 0 aromatic carbocycles. The fraction of sp³-hybridized carbons (Fsp3) is 0.615. The molecular weight excluding hydrogens is 278 g/mol. The molecule has 0 radical (unpaired) electrons. The minimum absolute atomic E-state index is 0.113. The Balaban J connectivity index is 2.07. The number of nitrogens with zero attached hydrogens (tertiary/aromatic N) is 3. The van der Waals surface area contributed by atoms with Crippen LogP contribution in [0.2, 0.25) is 0 Å². The van der Waals surface area contributed by atoms with Crippen molar-refractivity contribution in [3.8, 4) is 0 Å². The van der Waals surface area contributed by atoms with Crippen molar-refractivity contribution < 1.29 is 14.7 Å². The Morgan fingerprint density at radius 3 is 2.70 bits per heavy atom. The first-order valence-electron chi connectivity index (χ1n) is 6.59. The molecule has 1 aliphatic heterocycles. The number of hydrogen-bond donors (Lipinski definition) is 1. The molecule has 1 aromatic rings. The number of carboxylic acid groups (broad SMARTS) is 1. The first-order chi connectivity index (χ1) is 9.40. The third-order valence-corrected chi connectivity index (χ3v) is 4.19. The van der Waals surface area contributed by atoms with E-state index in [-0.39, 0.29) is 11.9 Å². The van der Waals surface area contributed by atoms with Gasteiger partial charge in [-0.2, -0.15) is 0 Å². The van der Waals surface area contributed by atoms with Crippen LogP contribution in [-0.2, 0) is 11.3 Å². The third kappa shape index (κ3) is 2.92. The summed E-state index contributed by atoms with van der Waals surface area (Å²) in [4.78, 5) is 31.1. The van der Waals surface area contributed by atoms with E-state index in [1.54, 1.807) is 16.2 Å². The fourth-order valence-electron chi connectivity index (χ4n) is 2.46. The third-order valence-electron chi connectivity index (χ3n) is 3.37. The van der Waals surface area contributed by atoms with Crippen LogP contribution in [0.15, 0.2) is 5.38 Å². The van der Waals surface area contributed by atoms with E-state index >= 15 is 0 Å². The van der Waals surface area contributed by atoms with Crippen molar-refractivity contribution in [3.63, 3.8) is 0 Å². The standard InChI is InChI=1S/C13H19N3O3S/c1-8(2)11(12(17)18)16-5-4-15(13(16)19)6-10-7-20-9(3)14-10/h7-8,11H,4-6H2,1-3H3,(H,17,18). The molecule has 0 bridgehead atoms. The Kier molecular flexibility index (Phi) is 4.27. The molecule has 1 N–H and O–H groups in total. The zero-order valence-electron chi connectivity index (χ0n) is 11.9. The van der Waals surface area contributed by atoms with Gasteiger partial charge in [0.2, 0.25) is 0 Å². The summed E-state index contributed by atoms with van der Waals surface area (Å²) in [6.07, 6.45) is 0. The van der Waals surface area contributed by atoms with Gasteiger partial charge in [-0.1, -0.05) is 13.8 Å². The number of carbonyl (C=O) groups excluding carboxylic acids is 1. The molecule has 1 atom stereocenters. The maximum absolute atomic E-state index is 12.3. The molecule has 1 fully saturated rings. The van der Waals surface area contributed by atoms with Crippen LogP contribution in [0, 0.1) is 12.8 Å². The van der Waals surface area contributed by atoms with E-state index in [0.717, 1.165) is 10.7 Å². The SMILES string of the molecule is Cc1nc(CN2CCN(C(C(=O)O)C(C)C)C2=O)cs1. The molecule has 2 amide bonds. The van der Waals surface area contributed by atoms with Gasteiger partial charge < -0.3 is 14.9 Å². The van der Waals surface area contributed by atoms with Crippen LogP contribution < -0.4 is 0 Å². The predicted octanol–water partition coefficient (Wildman–Crippen LogP) is 1.80. The smallest absolute Gasteiger partial charge is 0.326 e. The molecule has 1 aromatic heterocycles. The molecule has 1 aliphatic rings. The minimum Gasteiger partial charge on any atom is -0.480 e. The quantitative estimate of drug-likeness (QED) is 0.899. The van der Waals surface area contributed by atoms with Gasteiger partial charge in [0.15, 0.2) is 0 Å². The summed E-state index contributed by atoms with van der Waals surface area (Å²) in [6, 6.07) is -0.971. The van der Waals surface area contributed by atoms with E-state index in [9.17, 15) is 14.7 Å². The van der Waals surface area contributed by atoms with Gasteiger partial charge in [-0.05, 0) is 12.8 Å². The summed E-state index contributed by atoms with van der Waals surface area (Å²) in [6.45, 7) is 7.01. The topological polar surface area (TPSA) is 73.7 Å². The highest BCUT2D eigenvalue weighted by Crippen LogP contribution is 2.20. The molecule has 7 heteroatoms. The van der Waals surface area contributed by atoms with E-state index in [2.05, 4.69) is 4.98 Å². The average molecular weight is 297 g/mol. The molecule has 110 valence electrons. The highest BCUT2D eigenvalue weighted by molar-refractivity contribution is 7.09. The van der Waals surface area contributed by atoms with Crippen molar-refractivity contribution in [3.05, 3.63) is 16.1 Å². The Morgan fingerprint density at radius 1 is 1.50 bits per heavy atom. The van der Waals surface area contributed by atoms with Crippen LogP contribution in [0.4, 0.5) is 4.79 Å². The van der Waals surface area contributed by atoms with E-state index in [4.69, 9.17) is 0 Å². The number of urea groups is 1. The maximum atomic E-state index is 12.3. The minimum atomic E-state index is -0.945. The van der Waals surface area contributed by atoms with Crippen LogP contribution in [0.5, 0.6) is 0 Å². The Bertz CT molecular complexity index is 515. The average Bonchev–Trinajstić information content (AvgIpc) is 2.89. The summed E-state index contributed by atoms with van der Waals surface area (Å²) < 4.78 is 0. The molecule has 2 rings (SSSR count). The van der Waals surface area contributed by atoms with Crippen LogP contribution in [-0.4, -0.2) is 51.0 Å². The number of rotatable bonds is 5. The van der Waals surface area contributed by atoms with E-state index < -0.39 is 12.0 Å². The van der Waals surface area contributed by atoms with Crippen LogP contribution >= 0.6 is 11.3 Å². The van der Waals surface area contributed by atoms with Crippen LogP contribution in [0.3, 0.4) is 0 Å². The number of carbonyl (C=O) groups is 2. The van der Waals surface area contributed by atoms with Crippen LogP contribution in [0.1, 0.15) is 24.5 Å². The van der Waals surface area contributed by atoms with Gasteiger partial charge in [-0.3, -0.25) is 0 Å². The highest BCUT2D eigenvalue weighted by Gasteiger charge is 2.38. The van der Waals surface area contributed by atoms with Gasteiger partial charge in [-0.25, -0.2) is 14.6 Å².